The fourth-order valence-electron chi connectivity index (χ4n) is 2.78. The first kappa shape index (κ1) is 19.3. The maximum Gasteiger partial charge on any atom is 0.380 e. The lowest BCUT2D eigenvalue weighted by atomic mass is 10.1. The summed E-state index contributed by atoms with van der Waals surface area (Å²) in [7, 11) is -4.22. The Morgan fingerprint density at radius 3 is 2.23 bits per heavy atom. The van der Waals surface area contributed by atoms with Gasteiger partial charge in [0, 0.05) is 6.20 Å². The topological polar surface area (TPSA) is 126 Å². The molecule has 30 heavy (non-hydrogen) atoms. The smallest absolute Gasteiger partial charge is 0.354 e. The molecule has 4 rings (SSSR count). The zero-order chi connectivity index (χ0) is 21.5. The van der Waals surface area contributed by atoms with Gasteiger partial charge in [-0.15, -0.1) is 0 Å². The molecule has 0 aliphatic carbocycles. The number of amides is 2. The van der Waals surface area contributed by atoms with E-state index in [-0.39, 0.29) is 27.4 Å². The predicted octanol–water partition coefficient (Wildman–Crippen LogP) is 2.32. The number of benzene rings is 2. The summed E-state index contributed by atoms with van der Waals surface area (Å²) < 4.78 is 40.6. The number of nitrogens with one attached hydrogen (secondary N) is 2. The normalized spacial score (nSPS) is 13.3. The van der Waals surface area contributed by atoms with Gasteiger partial charge in [0.1, 0.15) is 16.4 Å². The van der Waals surface area contributed by atoms with Crippen molar-refractivity contribution >= 4 is 33.5 Å². The number of rotatable bonds is 5. The Morgan fingerprint density at radius 2 is 1.60 bits per heavy atom. The van der Waals surface area contributed by atoms with Crippen molar-refractivity contribution in [3.05, 3.63) is 83.4 Å². The molecule has 2 aromatic carbocycles. The maximum absolute atomic E-state index is 13.7. The Hall–Kier alpha value is -3.99. The Kier molecular flexibility index (Phi) is 4.59. The lowest BCUT2D eigenvalue weighted by molar-refractivity contribution is -0.0588. The van der Waals surface area contributed by atoms with Crippen molar-refractivity contribution in [3.63, 3.8) is 0 Å². The summed E-state index contributed by atoms with van der Waals surface area (Å²) in [6, 6.07) is 12.0. The molecule has 0 bridgehead atoms. The van der Waals surface area contributed by atoms with E-state index in [4.69, 9.17) is 4.84 Å². The highest BCUT2D eigenvalue weighted by molar-refractivity contribution is 7.92. The molecule has 0 radical (unpaired) electrons. The molecule has 2 N–H and O–H groups in total. The van der Waals surface area contributed by atoms with Gasteiger partial charge in [0.05, 0.1) is 16.8 Å². The van der Waals surface area contributed by atoms with Crippen LogP contribution in [0, 0.1) is 5.82 Å². The number of carbonyl (C=O) groups is 3. The average Bonchev–Trinajstić information content (AvgIpc) is 3.31. The number of anilines is 1. The molecule has 152 valence electrons. The summed E-state index contributed by atoms with van der Waals surface area (Å²) >= 11 is 0. The van der Waals surface area contributed by atoms with Crippen molar-refractivity contribution in [1.29, 1.82) is 0 Å². The molecule has 3 aromatic rings. The number of para-hydroxylation sites is 1. The van der Waals surface area contributed by atoms with Crippen molar-refractivity contribution in [2.45, 2.75) is 4.90 Å². The van der Waals surface area contributed by atoms with Crippen LogP contribution in [0.15, 0.2) is 65.7 Å². The minimum absolute atomic E-state index is 0.0825. The lowest BCUT2D eigenvalue weighted by Gasteiger charge is -2.11. The predicted molar refractivity (Wildman–Crippen MR) is 100 cm³/mol. The second kappa shape index (κ2) is 7.12. The first-order valence-corrected chi connectivity index (χ1v) is 9.92. The summed E-state index contributed by atoms with van der Waals surface area (Å²) in [6.45, 7) is 0. The van der Waals surface area contributed by atoms with Gasteiger partial charge in [-0.2, -0.15) is 0 Å². The van der Waals surface area contributed by atoms with Crippen molar-refractivity contribution < 1.29 is 32.0 Å². The van der Waals surface area contributed by atoms with Gasteiger partial charge in [-0.25, -0.2) is 17.6 Å². The van der Waals surface area contributed by atoms with E-state index in [1.165, 1.54) is 30.3 Å². The van der Waals surface area contributed by atoms with Crippen molar-refractivity contribution in [2.24, 2.45) is 0 Å². The summed E-state index contributed by atoms with van der Waals surface area (Å²) in [6.07, 6.45) is 0.988. The minimum Gasteiger partial charge on any atom is -0.354 e. The highest BCUT2D eigenvalue weighted by Gasteiger charge is 2.39. The maximum atomic E-state index is 13.7. The molecule has 2 heterocycles. The zero-order valence-corrected chi connectivity index (χ0v) is 15.8. The number of imide groups is 1. The Labute approximate surface area is 169 Å². The molecule has 1 aliphatic rings. The monoisotopic (exact) mass is 429 g/mol. The van der Waals surface area contributed by atoms with Gasteiger partial charge in [0.15, 0.2) is 0 Å². The highest BCUT2D eigenvalue weighted by atomic mass is 32.2. The molecule has 0 atom stereocenters. The number of fused-ring (bicyclic) bond motifs is 1. The molecule has 11 heteroatoms. The van der Waals surface area contributed by atoms with E-state index >= 15 is 0 Å². The number of aromatic nitrogens is 1. The third-order valence-electron chi connectivity index (χ3n) is 4.24. The molecule has 0 saturated heterocycles. The van der Waals surface area contributed by atoms with Crippen LogP contribution in [0.2, 0.25) is 0 Å². The van der Waals surface area contributed by atoms with Crippen LogP contribution in [0.3, 0.4) is 0 Å². The molecule has 2 amide bonds. The highest BCUT2D eigenvalue weighted by Crippen LogP contribution is 2.24. The summed E-state index contributed by atoms with van der Waals surface area (Å²) in [4.78, 5) is 43.7. The van der Waals surface area contributed by atoms with Gasteiger partial charge < -0.3 is 9.82 Å². The van der Waals surface area contributed by atoms with Gasteiger partial charge >= 0.3 is 5.97 Å². The standard InChI is InChI=1S/C19H12FN3O6S/c20-14-7-3-4-8-15(14)22-30(27,28)11-9-16(21-10-11)19(26)29-23-17(24)12-5-1-2-6-13(12)18(23)25/h1-10,21-22H. The fourth-order valence-corrected chi connectivity index (χ4v) is 3.84. The molecule has 9 nitrogen and oxygen atoms in total. The average molecular weight is 429 g/mol. The largest absolute Gasteiger partial charge is 0.380 e. The number of sulfonamides is 1. The number of halogens is 1. The Morgan fingerprint density at radius 1 is 1.00 bits per heavy atom. The van der Waals surface area contributed by atoms with E-state index in [1.54, 1.807) is 12.1 Å². The molecule has 0 unspecified atom stereocenters. The van der Waals surface area contributed by atoms with Gasteiger partial charge in [-0.1, -0.05) is 29.3 Å². The summed E-state index contributed by atoms with van der Waals surface area (Å²) in [5.74, 6) is -3.56. The van der Waals surface area contributed by atoms with Crippen LogP contribution in [0.1, 0.15) is 31.2 Å². The number of nitrogens with zero attached hydrogens (tertiary/aromatic N) is 1. The number of carbonyl (C=O) groups excluding carboxylic acids is 3. The number of H-pyrrole nitrogens is 1. The molecular weight excluding hydrogens is 417 g/mol. The van der Waals surface area contributed by atoms with E-state index in [9.17, 15) is 27.2 Å². The van der Waals surface area contributed by atoms with Gasteiger partial charge in [-0.05, 0) is 30.3 Å². The molecular formula is C19H12FN3O6S. The van der Waals surface area contributed by atoms with Crippen LogP contribution >= 0.6 is 0 Å². The first-order valence-electron chi connectivity index (χ1n) is 8.44. The molecule has 0 fully saturated rings. The molecule has 0 saturated carbocycles. The van der Waals surface area contributed by atoms with Crippen LogP contribution in [0.5, 0.6) is 0 Å². The van der Waals surface area contributed by atoms with Crippen molar-refractivity contribution in [1.82, 2.24) is 10.0 Å². The van der Waals surface area contributed by atoms with Crippen LogP contribution in [-0.4, -0.2) is 36.2 Å². The van der Waals surface area contributed by atoms with Crippen molar-refractivity contribution in [2.75, 3.05) is 4.72 Å². The third kappa shape index (κ3) is 3.31. The van der Waals surface area contributed by atoms with Crippen LogP contribution < -0.4 is 4.72 Å². The molecule has 1 aromatic heterocycles. The second-order valence-corrected chi connectivity index (χ2v) is 7.85. The SMILES string of the molecule is O=C(ON1C(=O)c2ccccc2C1=O)c1cc(S(=O)(=O)Nc2ccccc2F)c[nH]1. The fraction of sp³-hybridized carbons (Fsp3) is 0. The number of hydrogen-bond donors (Lipinski definition) is 2. The number of hydrogen-bond acceptors (Lipinski definition) is 6. The molecule has 1 aliphatic heterocycles. The van der Waals surface area contributed by atoms with E-state index in [0.29, 0.717) is 5.06 Å². The van der Waals surface area contributed by atoms with Crippen LogP contribution in [0.25, 0.3) is 0 Å². The van der Waals surface area contributed by atoms with Crippen LogP contribution in [0.4, 0.5) is 10.1 Å². The van der Waals surface area contributed by atoms with E-state index in [0.717, 1.165) is 18.3 Å². The summed E-state index contributed by atoms with van der Waals surface area (Å²) in [5, 5.41) is 0.305. The number of aromatic amines is 1. The Bertz CT molecular complexity index is 1270. The zero-order valence-electron chi connectivity index (χ0n) is 15.0. The van der Waals surface area contributed by atoms with E-state index < -0.39 is 33.6 Å². The minimum atomic E-state index is -4.22. The number of hydroxylamine groups is 2. The van der Waals surface area contributed by atoms with Gasteiger partial charge in [0.25, 0.3) is 21.8 Å². The third-order valence-corrected chi connectivity index (χ3v) is 5.58. The molecule has 0 spiro atoms. The lowest BCUT2D eigenvalue weighted by Crippen LogP contribution is -2.32. The Balaban J connectivity index is 1.52. The second-order valence-electron chi connectivity index (χ2n) is 6.16. The first-order chi connectivity index (χ1) is 14.3. The quantitative estimate of drug-likeness (QED) is 0.600. The van der Waals surface area contributed by atoms with Gasteiger partial charge in [-0.3, -0.25) is 14.3 Å². The van der Waals surface area contributed by atoms with Gasteiger partial charge in [0.2, 0.25) is 0 Å². The van der Waals surface area contributed by atoms with Crippen molar-refractivity contribution in [3.8, 4) is 0 Å². The van der Waals surface area contributed by atoms with Crippen LogP contribution in [-0.2, 0) is 14.9 Å². The van der Waals surface area contributed by atoms with E-state index in [1.807, 2.05) is 0 Å². The van der Waals surface area contributed by atoms with E-state index in [2.05, 4.69) is 9.71 Å². The summed E-state index contributed by atoms with van der Waals surface area (Å²) in [5.41, 5.74) is -0.437.